The molecule has 0 spiro atoms. The number of allylic oxidation sites excluding steroid dienone is 1. The molecule has 130 valence electrons. The molecule has 1 saturated heterocycles. The topological polar surface area (TPSA) is 66.0 Å². The van der Waals surface area contributed by atoms with Gasteiger partial charge in [0, 0.05) is 18.8 Å². The van der Waals surface area contributed by atoms with Crippen molar-refractivity contribution in [3.63, 3.8) is 0 Å². The number of hydrogen-bond acceptors (Lipinski definition) is 6. The Balaban J connectivity index is 1.55. The van der Waals surface area contributed by atoms with Crippen LogP contribution in [0.1, 0.15) is 30.7 Å². The van der Waals surface area contributed by atoms with Crippen LogP contribution in [0.2, 0.25) is 0 Å². The van der Waals surface area contributed by atoms with E-state index < -0.39 is 0 Å². The number of rotatable bonds is 4. The van der Waals surface area contributed by atoms with Crippen LogP contribution in [-0.4, -0.2) is 23.2 Å². The van der Waals surface area contributed by atoms with Gasteiger partial charge in [-0.15, -0.1) is 11.3 Å². The molecule has 0 unspecified atom stereocenters. The van der Waals surface area contributed by atoms with Crippen LogP contribution in [0.25, 0.3) is 22.4 Å². The van der Waals surface area contributed by atoms with E-state index in [0.29, 0.717) is 11.4 Å². The van der Waals surface area contributed by atoms with Crippen LogP contribution >= 0.6 is 11.3 Å². The number of piperidine rings is 1. The van der Waals surface area contributed by atoms with Crippen molar-refractivity contribution in [3.8, 4) is 16.8 Å². The summed E-state index contributed by atoms with van der Waals surface area (Å²) in [5, 5.41) is 15.4. The third-order valence-corrected chi connectivity index (χ3v) is 5.31. The van der Waals surface area contributed by atoms with Gasteiger partial charge in [0.1, 0.15) is 11.6 Å². The van der Waals surface area contributed by atoms with Gasteiger partial charge in [-0.05, 0) is 54.5 Å². The minimum atomic E-state index is 0.246. The van der Waals surface area contributed by atoms with Gasteiger partial charge < -0.3 is 9.42 Å². The largest absolute Gasteiger partial charge is 0.372 e. The molecule has 3 aromatic rings. The van der Waals surface area contributed by atoms with Gasteiger partial charge in [-0.25, -0.2) is 0 Å². The number of anilines is 1. The van der Waals surface area contributed by atoms with E-state index in [2.05, 4.69) is 33.2 Å². The van der Waals surface area contributed by atoms with Gasteiger partial charge in [-0.1, -0.05) is 23.4 Å². The van der Waals surface area contributed by atoms with E-state index in [1.165, 1.54) is 36.3 Å². The summed E-state index contributed by atoms with van der Waals surface area (Å²) >= 11 is 1.54. The van der Waals surface area contributed by atoms with E-state index in [1.54, 1.807) is 6.08 Å². The monoisotopic (exact) mass is 362 g/mol. The van der Waals surface area contributed by atoms with Crippen molar-refractivity contribution in [1.82, 2.24) is 10.1 Å². The SMILES string of the molecule is N#C/C(=C\c1ccc(N2CCCCC2)cc1)c1nc(-c2cccs2)no1. The molecule has 0 aliphatic carbocycles. The summed E-state index contributed by atoms with van der Waals surface area (Å²) in [6.45, 7) is 2.23. The molecule has 1 fully saturated rings. The zero-order valence-corrected chi connectivity index (χ0v) is 15.1. The molecule has 26 heavy (non-hydrogen) atoms. The predicted octanol–water partition coefficient (Wildman–Crippen LogP) is 4.85. The van der Waals surface area contributed by atoms with Gasteiger partial charge in [-0.2, -0.15) is 10.2 Å². The van der Waals surface area contributed by atoms with Crippen molar-refractivity contribution in [2.24, 2.45) is 0 Å². The summed E-state index contributed by atoms with van der Waals surface area (Å²) < 4.78 is 5.28. The van der Waals surface area contributed by atoms with Crippen LogP contribution in [0.4, 0.5) is 5.69 Å². The molecular weight excluding hydrogens is 344 g/mol. The molecule has 0 saturated carbocycles. The summed E-state index contributed by atoms with van der Waals surface area (Å²) in [7, 11) is 0. The highest BCUT2D eigenvalue weighted by Crippen LogP contribution is 2.25. The molecule has 0 atom stereocenters. The number of thiophene rings is 1. The Bertz CT molecular complexity index is 929. The molecule has 2 aromatic heterocycles. The lowest BCUT2D eigenvalue weighted by atomic mass is 10.1. The van der Waals surface area contributed by atoms with Crippen LogP contribution in [0.5, 0.6) is 0 Å². The Kier molecular flexibility index (Phi) is 4.80. The lowest BCUT2D eigenvalue weighted by Gasteiger charge is -2.28. The first-order chi connectivity index (χ1) is 12.8. The van der Waals surface area contributed by atoms with Crippen LogP contribution in [0.3, 0.4) is 0 Å². The molecule has 0 radical (unpaired) electrons. The fourth-order valence-corrected chi connectivity index (χ4v) is 3.73. The second-order valence-electron chi connectivity index (χ2n) is 6.21. The van der Waals surface area contributed by atoms with Crippen molar-refractivity contribution in [2.75, 3.05) is 18.0 Å². The Hall–Kier alpha value is -2.91. The molecule has 0 N–H and O–H groups in total. The Labute approximate surface area is 156 Å². The van der Waals surface area contributed by atoms with Gasteiger partial charge in [0.15, 0.2) is 0 Å². The smallest absolute Gasteiger partial charge is 0.268 e. The number of nitrogens with zero attached hydrogens (tertiary/aromatic N) is 4. The number of benzene rings is 1. The predicted molar refractivity (Wildman–Crippen MR) is 104 cm³/mol. The van der Waals surface area contributed by atoms with Crippen molar-refractivity contribution in [3.05, 3.63) is 53.2 Å². The highest BCUT2D eigenvalue weighted by Gasteiger charge is 2.14. The van der Waals surface area contributed by atoms with Crippen molar-refractivity contribution >= 4 is 28.7 Å². The molecule has 4 rings (SSSR count). The number of nitriles is 1. The van der Waals surface area contributed by atoms with E-state index in [4.69, 9.17) is 4.52 Å². The Morgan fingerprint density at radius 3 is 2.65 bits per heavy atom. The van der Waals surface area contributed by atoms with Crippen molar-refractivity contribution in [1.29, 1.82) is 5.26 Å². The molecule has 0 amide bonds. The minimum absolute atomic E-state index is 0.246. The van der Waals surface area contributed by atoms with E-state index in [0.717, 1.165) is 23.5 Å². The van der Waals surface area contributed by atoms with Crippen LogP contribution < -0.4 is 4.90 Å². The zero-order chi connectivity index (χ0) is 17.8. The average molecular weight is 362 g/mol. The lowest BCUT2D eigenvalue weighted by molar-refractivity contribution is 0.409. The van der Waals surface area contributed by atoms with Gasteiger partial charge in [0.05, 0.1) is 4.88 Å². The maximum absolute atomic E-state index is 9.49. The second-order valence-corrected chi connectivity index (χ2v) is 7.16. The first-order valence-electron chi connectivity index (χ1n) is 8.68. The standard InChI is InChI=1S/C20H18N4OS/c21-14-16(20-22-19(23-25-20)18-5-4-12-26-18)13-15-6-8-17(9-7-15)24-10-2-1-3-11-24/h4-9,12-13H,1-3,10-11H2/b16-13+. The van der Waals surface area contributed by atoms with Gasteiger partial charge in [0.25, 0.3) is 5.89 Å². The number of aromatic nitrogens is 2. The molecule has 1 aliphatic heterocycles. The van der Waals surface area contributed by atoms with Gasteiger partial charge in [-0.3, -0.25) is 0 Å². The van der Waals surface area contributed by atoms with Crippen LogP contribution in [-0.2, 0) is 0 Å². The summed E-state index contributed by atoms with van der Waals surface area (Å²) in [4.78, 5) is 7.67. The molecule has 1 aromatic carbocycles. The van der Waals surface area contributed by atoms with Crippen molar-refractivity contribution < 1.29 is 4.52 Å². The molecule has 3 heterocycles. The third-order valence-electron chi connectivity index (χ3n) is 4.44. The maximum atomic E-state index is 9.49. The lowest BCUT2D eigenvalue weighted by Crippen LogP contribution is -2.29. The first kappa shape index (κ1) is 16.6. The van der Waals surface area contributed by atoms with Crippen LogP contribution in [0.15, 0.2) is 46.3 Å². The van der Waals surface area contributed by atoms with Crippen LogP contribution in [0, 0.1) is 11.3 Å². The normalized spacial score (nSPS) is 15.0. The molecule has 5 nitrogen and oxygen atoms in total. The fourth-order valence-electron chi connectivity index (χ4n) is 3.08. The van der Waals surface area contributed by atoms with Gasteiger partial charge >= 0.3 is 0 Å². The average Bonchev–Trinajstić information content (AvgIpc) is 3.39. The maximum Gasteiger partial charge on any atom is 0.268 e. The van der Waals surface area contributed by atoms with Crippen molar-refractivity contribution in [2.45, 2.75) is 19.3 Å². The summed E-state index contributed by atoms with van der Waals surface area (Å²) in [6, 6.07) is 14.3. The quantitative estimate of drug-likeness (QED) is 0.621. The summed E-state index contributed by atoms with van der Waals surface area (Å²) in [6.07, 6.45) is 5.61. The molecule has 1 aliphatic rings. The second kappa shape index (κ2) is 7.54. The highest BCUT2D eigenvalue weighted by molar-refractivity contribution is 7.13. The molecular formula is C20H18N4OS. The summed E-state index contributed by atoms with van der Waals surface area (Å²) in [5.41, 5.74) is 2.54. The van der Waals surface area contributed by atoms with Gasteiger partial charge in [0.2, 0.25) is 5.82 Å². The Morgan fingerprint density at radius 2 is 1.96 bits per heavy atom. The fraction of sp³-hybridized carbons (Fsp3) is 0.250. The Morgan fingerprint density at radius 1 is 1.15 bits per heavy atom. The van der Waals surface area contributed by atoms with E-state index in [-0.39, 0.29) is 5.89 Å². The highest BCUT2D eigenvalue weighted by atomic mass is 32.1. The molecule has 0 bridgehead atoms. The van der Waals surface area contributed by atoms with E-state index in [1.807, 2.05) is 29.6 Å². The summed E-state index contributed by atoms with van der Waals surface area (Å²) in [5.74, 6) is 0.757. The molecule has 6 heteroatoms. The van der Waals surface area contributed by atoms with E-state index in [9.17, 15) is 5.26 Å². The number of hydrogen-bond donors (Lipinski definition) is 0. The zero-order valence-electron chi connectivity index (χ0n) is 14.3. The van der Waals surface area contributed by atoms with E-state index >= 15 is 0 Å². The first-order valence-corrected chi connectivity index (χ1v) is 9.56. The minimum Gasteiger partial charge on any atom is -0.372 e. The third kappa shape index (κ3) is 3.53.